The van der Waals surface area contributed by atoms with E-state index in [2.05, 4.69) is 0 Å². The van der Waals surface area contributed by atoms with Crippen molar-refractivity contribution in [2.24, 2.45) is 0 Å². The second kappa shape index (κ2) is 8.53. The van der Waals surface area contributed by atoms with Crippen molar-refractivity contribution in [2.45, 2.75) is 19.3 Å². The van der Waals surface area contributed by atoms with Crippen LogP contribution in [0.25, 0.3) is 0 Å². The molecule has 4 nitrogen and oxygen atoms in total. The molecule has 0 aromatic heterocycles. The number of esters is 2. The first-order chi connectivity index (χ1) is 12.8. The van der Waals surface area contributed by atoms with Crippen molar-refractivity contribution in [3.8, 4) is 11.5 Å². The highest BCUT2D eigenvalue weighted by molar-refractivity contribution is 6.36. The van der Waals surface area contributed by atoms with Gasteiger partial charge in [0, 0.05) is 21.2 Å². The van der Waals surface area contributed by atoms with Crippen LogP contribution in [-0.2, 0) is 9.59 Å². The largest absolute Gasteiger partial charge is 0.422 e. The van der Waals surface area contributed by atoms with Crippen molar-refractivity contribution in [1.82, 2.24) is 0 Å². The van der Waals surface area contributed by atoms with Crippen LogP contribution in [0.4, 0.5) is 0 Å². The van der Waals surface area contributed by atoms with Crippen LogP contribution in [0.15, 0.2) is 47.5 Å². The van der Waals surface area contributed by atoms with Crippen LogP contribution in [0, 0.1) is 0 Å². The van der Waals surface area contributed by atoms with Gasteiger partial charge in [-0.3, -0.25) is 0 Å². The van der Waals surface area contributed by atoms with E-state index in [1.54, 1.807) is 12.1 Å². The summed E-state index contributed by atoms with van der Waals surface area (Å²) in [6.07, 6.45) is 1.45. The van der Waals surface area contributed by atoms with E-state index in [0.29, 0.717) is 29.3 Å². The van der Waals surface area contributed by atoms with E-state index < -0.39 is 11.9 Å². The van der Waals surface area contributed by atoms with E-state index in [9.17, 15) is 9.59 Å². The fraction of sp³-hybridized carbons (Fsp3) is 0.158. The minimum atomic E-state index is -0.647. The number of carbonyl (C=O) groups is 2. The molecule has 0 saturated carbocycles. The van der Waals surface area contributed by atoms with Gasteiger partial charge in [0.1, 0.15) is 11.5 Å². The first kappa shape index (κ1) is 20.0. The van der Waals surface area contributed by atoms with Crippen molar-refractivity contribution in [1.29, 1.82) is 0 Å². The van der Waals surface area contributed by atoms with Crippen LogP contribution < -0.4 is 9.47 Å². The average Bonchev–Trinajstić information content (AvgIpc) is 3.10. The maximum Gasteiger partial charge on any atom is 0.339 e. The third-order valence-corrected chi connectivity index (χ3v) is 4.96. The summed E-state index contributed by atoms with van der Waals surface area (Å²) >= 11 is 23.7. The predicted octanol–water partition coefficient (Wildman–Crippen LogP) is 6.29. The summed E-state index contributed by atoms with van der Waals surface area (Å²) in [5.41, 5.74) is 0.521. The summed E-state index contributed by atoms with van der Waals surface area (Å²) < 4.78 is 10.6. The normalized spacial score (nSPS) is 13.6. The number of carbonyl (C=O) groups excluding carboxylic acids is 2. The summed E-state index contributed by atoms with van der Waals surface area (Å²) in [6, 6.07) is 9.01. The molecular formula is C19H12Cl4O4. The second-order valence-corrected chi connectivity index (χ2v) is 7.43. The number of hydrogen-bond donors (Lipinski definition) is 0. The molecule has 0 N–H and O–H groups in total. The average molecular weight is 446 g/mol. The molecule has 27 heavy (non-hydrogen) atoms. The molecule has 2 aromatic rings. The highest BCUT2D eigenvalue weighted by Gasteiger charge is 2.29. The number of hydrogen-bond acceptors (Lipinski definition) is 4. The summed E-state index contributed by atoms with van der Waals surface area (Å²) in [5, 5.41) is 1.24. The maximum atomic E-state index is 12.5. The molecule has 140 valence electrons. The number of ether oxygens (including phenoxy) is 2. The Balaban J connectivity index is 1.79. The predicted molar refractivity (Wildman–Crippen MR) is 105 cm³/mol. The van der Waals surface area contributed by atoms with Gasteiger partial charge in [-0.25, -0.2) is 9.59 Å². The van der Waals surface area contributed by atoms with Crippen LogP contribution in [0.2, 0.25) is 20.1 Å². The zero-order valence-electron chi connectivity index (χ0n) is 13.7. The molecule has 1 aliphatic rings. The quantitative estimate of drug-likeness (QED) is 0.409. The lowest BCUT2D eigenvalue weighted by atomic mass is 10.1. The van der Waals surface area contributed by atoms with Gasteiger partial charge in [0.15, 0.2) is 0 Å². The van der Waals surface area contributed by atoms with Gasteiger partial charge in [-0.15, -0.1) is 0 Å². The fourth-order valence-corrected chi connectivity index (χ4v) is 3.53. The Labute approximate surface area is 175 Å². The summed E-state index contributed by atoms with van der Waals surface area (Å²) in [6.45, 7) is 0. The zero-order chi connectivity index (χ0) is 19.6. The lowest BCUT2D eigenvalue weighted by Gasteiger charge is -2.10. The van der Waals surface area contributed by atoms with E-state index in [1.165, 1.54) is 24.3 Å². The Morgan fingerprint density at radius 1 is 0.704 bits per heavy atom. The van der Waals surface area contributed by atoms with Gasteiger partial charge in [-0.1, -0.05) is 46.4 Å². The third kappa shape index (κ3) is 4.77. The van der Waals surface area contributed by atoms with Crippen molar-refractivity contribution < 1.29 is 19.1 Å². The van der Waals surface area contributed by atoms with Crippen molar-refractivity contribution in [2.75, 3.05) is 0 Å². The second-order valence-electron chi connectivity index (χ2n) is 5.74. The van der Waals surface area contributed by atoms with E-state index in [0.717, 1.165) is 0 Å². The first-order valence-corrected chi connectivity index (χ1v) is 9.43. The standard InChI is InChI=1S/C19H12Cl4O4/c20-10-4-6-16(14(22)8-10)26-18(24)12-2-1-3-13(12)19(25)27-17-7-5-11(21)9-15(17)23/h4-9H,1-3H2. The maximum absolute atomic E-state index is 12.5. The lowest BCUT2D eigenvalue weighted by Crippen LogP contribution is -2.17. The third-order valence-electron chi connectivity index (χ3n) is 3.90. The summed E-state index contributed by atoms with van der Waals surface area (Å²) in [4.78, 5) is 25.0. The van der Waals surface area contributed by atoms with Crippen LogP contribution in [-0.4, -0.2) is 11.9 Å². The Bertz CT molecular complexity index is 877. The SMILES string of the molecule is O=C(Oc1ccc(Cl)cc1Cl)C1=C(C(=O)Oc2ccc(Cl)cc2Cl)CCC1. The van der Waals surface area contributed by atoms with Gasteiger partial charge in [0.25, 0.3) is 0 Å². The highest BCUT2D eigenvalue weighted by Crippen LogP contribution is 2.33. The van der Waals surface area contributed by atoms with Crippen LogP contribution in [0.5, 0.6) is 11.5 Å². The van der Waals surface area contributed by atoms with Gasteiger partial charge < -0.3 is 9.47 Å². The molecule has 0 unspecified atom stereocenters. The van der Waals surface area contributed by atoms with Gasteiger partial charge in [0.05, 0.1) is 10.0 Å². The first-order valence-electron chi connectivity index (χ1n) is 7.91. The van der Waals surface area contributed by atoms with Gasteiger partial charge in [-0.2, -0.15) is 0 Å². The monoisotopic (exact) mass is 444 g/mol. The minimum Gasteiger partial charge on any atom is -0.422 e. The number of benzene rings is 2. The lowest BCUT2D eigenvalue weighted by molar-refractivity contribution is -0.133. The Morgan fingerprint density at radius 3 is 1.48 bits per heavy atom. The minimum absolute atomic E-state index is 0.166. The molecule has 0 saturated heterocycles. The molecule has 0 spiro atoms. The molecule has 1 aliphatic carbocycles. The highest BCUT2D eigenvalue weighted by atomic mass is 35.5. The molecule has 0 atom stereocenters. The molecule has 0 fully saturated rings. The van der Waals surface area contributed by atoms with Crippen molar-refractivity contribution >= 4 is 58.3 Å². The Hall–Kier alpha value is -1.72. The zero-order valence-corrected chi connectivity index (χ0v) is 16.8. The van der Waals surface area contributed by atoms with Crippen LogP contribution in [0.1, 0.15) is 19.3 Å². The number of rotatable bonds is 4. The van der Waals surface area contributed by atoms with Crippen molar-refractivity contribution in [3.05, 3.63) is 67.6 Å². The molecule has 0 amide bonds. The van der Waals surface area contributed by atoms with E-state index in [-0.39, 0.29) is 32.7 Å². The molecule has 8 heteroatoms. The Morgan fingerprint density at radius 2 is 1.11 bits per heavy atom. The molecule has 0 heterocycles. The van der Waals surface area contributed by atoms with Gasteiger partial charge in [0.2, 0.25) is 0 Å². The fourth-order valence-electron chi connectivity index (χ4n) is 2.63. The molecule has 0 radical (unpaired) electrons. The van der Waals surface area contributed by atoms with Crippen LogP contribution in [0.3, 0.4) is 0 Å². The molecule has 2 aromatic carbocycles. The summed E-state index contributed by atoms with van der Waals surface area (Å²) in [7, 11) is 0. The van der Waals surface area contributed by atoms with Crippen LogP contribution >= 0.6 is 46.4 Å². The van der Waals surface area contributed by atoms with Gasteiger partial charge in [-0.05, 0) is 55.7 Å². The molecular weight excluding hydrogens is 434 g/mol. The van der Waals surface area contributed by atoms with Gasteiger partial charge >= 0.3 is 11.9 Å². The summed E-state index contributed by atoms with van der Waals surface area (Å²) in [5.74, 6) is -0.963. The molecule has 3 rings (SSSR count). The van der Waals surface area contributed by atoms with E-state index >= 15 is 0 Å². The Kier molecular flexibility index (Phi) is 6.33. The van der Waals surface area contributed by atoms with E-state index in [4.69, 9.17) is 55.9 Å². The topological polar surface area (TPSA) is 52.6 Å². The molecule has 0 aliphatic heterocycles. The number of halogens is 4. The van der Waals surface area contributed by atoms with Crippen molar-refractivity contribution in [3.63, 3.8) is 0 Å². The smallest absolute Gasteiger partial charge is 0.339 e. The molecule has 0 bridgehead atoms. The van der Waals surface area contributed by atoms with E-state index in [1.807, 2.05) is 0 Å².